The number of aliphatic hydroxyl groups is 2. The van der Waals surface area contributed by atoms with Gasteiger partial charge in [0.05, 0.1) is 24.6 Å². The third-order valence-corrected chi connectivity index (χ3v) is 18.5. The molecule has 94 heavy (non-hydrogen) atoms. The number of nitrogens with zero attached hydrogens (tertiary/aromatic N) is 8. The summed E-state index contributed by atoms with van der Waals surface area (Å²) in [5.74, 6) is -12.0. The van der Waals surface area contributed by atoms with Gasteiger partial charge < -0.3 is 70.1 Å². The second kappa shape index (κ2) is 38.4. The SMILES string of the molecule is C/C=C/C[C@@H](C)[C@@H](O)[C@H]1C(=O)N(C)[C@@H](CC)C(=O)N(C)[C@H](CSCC(=O)OC)C(=O)N(C)[C@@H](CC(C)(C)O)C(=O)N[C@@H](C(C)C)C(=O)N(C)[C@@H](CC(C)C)C(=O)N[C@@H](C)C(=O)N[C@H](C)C(=O)N(C)[C@@H](CC(C)C)C(=O)N(C)[C@@H](CC(C)C)C(=O)N(C)[C@@H](C(C)C)C(=O)N1C. The molecule has 0 aromatic rings. The van der Waals surface area contributed by atoms with Crippen molar-refractivity contribution in [2.75, 3.05) is 75.0 Å². The van der Waals surface area contributed by atoms with E-state index in [2.05, 4.69) is 16.0 Å². The number of nitrogens with one attached hydrogen (secondary N) is 3. The average Bonchev–Trinajstić information content (AvgIpc) is 0.823. The van der Waals surface area contributed by atoms with Crippen LogP contribution in [0.25, 0.3) is 0 Å². The van der Waals surface area contributed by atoms with Crippen molar-refractivity contribution in [3.05, 3.63) is 12.2 Å². The maximum atomic E-state index is 15.5. The number of hydrogen-bond donors (Lipinski definition) is 5. The highest BCUT2D eigenvalue weighted by Crippen LogP contribution is 2.28. The Balaban J connectivity index is 4.64. The third-order valence-electron chi connectivity index (χ3n) is 17.6. The first kappa shape index (κ1) is 85.7. The molecule has 27 heteroatoms. The van der Waals surface area contributed by atoms with Crippen LogP contribution < -0.4 is 16.0 Å². The fourth-order valence-corrected chi connectivity index (χ4v) is 12.6. The van der Waals surface area contributed by atoms with E-state index in [0.29, 0.717) is 0 Å². The predicted octanol–water partition coefficient (Wildman–Crippen LogP) is 3.00. The van der Waals surface area contributed by atoms with Crippen LogP contribution in [0, 0.1) is 35.5 Å². The lowest BCUT2D eigenvalue weighted by Gasteiger charge is -2.43. The molecule has 26 nitrogen and oxygen atoms in total. The minimum atomic E-state index is -1.69. The Morgan fingerprint density at radius 1 is 0.521 bits per heavy atom. The Kier molecular flexibility index (Phi) is 35.0. The van der Waals surface area contributed by atoms with Crippen molar-refractivity contribution < 1.29 is 72.5 Å². The molecule has 0 aliphatic carbocycles. The highest BCUT2D eigenvalue weighted by Gasteiger charge is 2.48. The molecule has 13 atom stereocenters. The molecule has 0 aromatic heterocycles. The number of aliphatic hydroxyl groups excluding tert-OH is 1. The van der Waals surface area contributed by atoms with Crippen LogP contribution in [0.4, 0.5) is 0 Å². The van der Waals surface area contributed by atoms with Crippen molar-refractivity contribution in [1.29, 1.82) is 0 Å². The van der Waals surface area contributed by atoms with Gasteiger partial charge in [-0.1, -0.05) is 95.2 Å². The van der Waals surface area contributed by atoms with Crippen molar-refractivity contribution in [2.45, 2.75) is 234 Å². The summed E-state index contributed by atoms with van der Waals surface area (Å²) >= 11 is 0.942. The van der Waals surface area contributed by atoms with Crippen LogP contribution in [0.5, 0.6) is 0 Å². The van der Waals surface area contributed by atoms with Crippen LogP contribution in [0.1, 0.15) is 156 Å². The number of carbonyl (C=O) groups excluding carboxylic acids is 12. The summed E-state index contributed by atoms with van der Waals surface area (Å²) in [6, 6.07) is -14.9. The summed E-state index contributed by atoms with van der Waals surface area (Å²) in [6.45, 7) is 28.6. The van der Waals surface area contributed by atoms with E-state index in [1.165, 1.54) is 111 Å². The topological polar surface area (TPSA) is 317 Å². The highest BCUT2D eigenvalue weighted by molar-refractivity contribution is 8.00. The van der Waals surface area contributed by atoms with Gasteiger partial charge in [-0.3, -0.25) is 57.5 Å². The molecule has 1 aliphatic rings. The molecule has 5 N–H and O–H groups in total. The van der Waals surface area contributed by atoms with Gasteiger partial charge in [0.1, 0.15) is 66.5 Å². The van der Waals surface area contributed by atoms with Crippen LogP contribution in [-0.4, -0.2) is 274 Å². The molecule has 0 saturated carbocycles. The van der Waals surface area contributed by atoms with E-state index in [9.17, 15) is 39.0 Å². The van der Waals surface area contributed by atoms with E-state index in [1.54, 1.807) is 60.6 Å². The first-order valence-electron chi connectivity index (χ1n) is 33.0. The standard InChI is InChI=1S/C67H119N11O15S/c1-27-29-30-42(13)55(80)54-66(91)71(18)45(28-2)60(85)76(23)50(35-94-36-51(79)93-26)63(88)75(22)49(34-67(16,17)92)58(83)70-52(40(9)10)64(89)72(19)46(31-37(3)4)57(82)68-43(14)56(81)69-44(15)59(84)73(20)47(32-38(5)6)61(86)74(21)48(33-39(7)8)62(87)77(24)53(41(11)12)65(90)78(54)25/h27,29,37-50,52-55,80,92H,28,30-36H2,1-26H3,(H,68,82)(H,69,81)(H,70,83)/b29-27+/t42-,43+,44-,45+,46+,47+,48+,49+,50-,52+,53+,54+,55-/m1/s1. The van der Waals surface area contributed by atoms with E-state index in [4.69, 9.17) is 4.74 Å². The summed E-state index contributed by atoms with van der Waals surface area (Å²) in [6.07, 6.45) is 2.10. The van der Waals surface area contributed by atoms with Crippen LogP contribution in [0.2, 0.25) is 0 Å². The summed E-state index contributed by atoms with van der Waals surface area (Å²) in [5.41, 5.74) is -1.64. The molecule has 11 amide bonds. The minimum absolute atomic E-state index is 0.0705. The Hall–Kier alpha value is -6.35. The number of allylic oxidation sites excluding steroid dienone is 2. The molecule has 0 unspecified atom stereocenters. The lowest BCUT2D eigenvalue weighted by Crippen LogP contribution is -2.64. The Morgan fingerprint density at radius 2 is 0.915 bits per heavy atom. The third kappa shape index (κ3) is 23.8. The quantitative estimate of drug-likeness (QED) is 0.0917. The molecular weight excluding hydrogens is 1230 g/mol. The zero-order valence-corrected chi connectivity index (χ0v) is 62.2. The maximum Gasteiger partial charge on any atom is 0.315 e. The summed E-state index contributed by atoms with van der Waals surface area (Å²) in [7, 11) is 12.1. The first-order chi connectivity index (χ1) is 43.3. The van der Waals surface area contributed by atoms with E-state index >= 15 is 28.8 Å². The van der Waals surface area contributed by atoms with Crippen LogP contribution in [-0.2, 0) is 62.3 Å². The molecule has 0 spiro atoms. The molecule has 0 aromatic carbocycles. The zero-order valence-electron chi connectivity index (χ0n) is 61.4. The number of methoxy groups -OCH3 is 1. The largest absolute Gasteiger partial charge is 0.468 e. The number of esters is 1. The normalized spacial score (nSPS) is 26.4. The molecule has 0 bridgehead atoms. The molecule has 1 rings (SSSR count). The van der Waals surface area contributed by atoms with Gasteiger partial charge in [-0.15, -0.1) is 11.8 Å². The second-order valence-electron chi connectivity index (χ2n) is 28.2. The molecule has 538 valence electrons. The minimum Gasteiger partial charge on any atom is -0.468 e. The lowest BCUT2D eigenvalue weighted by molar-refractivity contribution is -0.161. The van der Waals surface area contributed by atoms with Gasteiger partial charge in [-0.05, 0) is 102 Å². The van der Waals surface area contributed by atoms with E-state index in [0.717, 1.165) is 31.4 Å². The van der Waals surface area contributed by atoms with Crippen molar-refractivity contribution in [1.82, 2.24) is 55.1 Å². The van der Waals surface area contributed by atoms with Crippen LogP contribution in [0.15, 0.2) is 12.2 Å². The number of likely N-dealkylation sites (N-methyl/N-ethyl adjacent to an activating group) is 8. The molecular formula is C67H119N11O15S. The van der Waals surface area contributed by atoms with Gasteiger partial charge in [0, 0.05) is 68.6 Å². The van der Waals surface area contributed by atoms with Gasteiger partial charge in [0.2, 0.25) is 65.0 Å². The Bertz CT molecular complexity index is 2630. The van der Waals surface area contributed by atoms with Gasteiger partial charge in [0.25, 0.3) is 0 Å². The Morgan fingerprint density at radius 3 is 1.37 bits per heavy atom. The number of thioether (sulfide) groups is 1. The van der Waals surface area contributed by atoms with E-state index < -0.39 is 173 Å². The van der Waals surface area contributed by atoms with Crippen molar-refractivity contribution in [3.8, 4) is 0 Å². The fraction of sp³-hybridized carbons (Fsp3) is 0.791. The Labute approximate surface area is 565 Å². The molecule has 0 radical (unpaired) electrons. The number of carbonyl (C=O) groups is 12. The molecule has 1 heterocycles. The summed E-state index contributed by atoms with van der Waals surface area (Å²) in [4.78, 5) is 186. The molecule has 1 saturated heterocycles. The smallest absolute Gasteiger partial charge is 0.315 e. The first-order valence-corrected chi connectivity index (χ1v) is 34.2. The van der Waals surface area contributed by atoms with Crippen LogP contribution >= 0.6 is 11.8 Å². The fourth-order valence-electron chi connectivity index (χ4n) is 11.6. The number of rotatable bonds is 19. The van der Waals surface area contributed by atoms with Gasteiger partial charge in [-0.25, -0.2) is 0 Å². The number of ether oxygens (including phenoxy) is 1. The number of hydrogen-bond acceptors (Lipinski definition) is 16. The van der Waals surface area contributed by atoms with Crippen molar-refractivity contribution >= 4 is 82.7 Å². The van der Waals surface area contributed by atoms with E-state index in [-0.39, 0.29) is 61.4 Å². The average molecular weight is 1350 g/mol. The monoisotopic (exact) mass is 1350 g/mol. The summed E-state index contributed by atoms with van der Waals surface area (Å²) in [5, 5.41) is 31.9. The van der Waals surface area contributed by atoms with Gasteiger partial charge in [-0.2, -0.15) is 0 Å². The summed E-state index contributed by atoms with van der Waals surface area (Å²) < 4.78 is 4.87. The zero-order chi connectivity index (χ0) is 73.0. The van der Waals surface area contributed by atoms with Crippen molar-refractivity contribution in [2.24, 2.45) is 35.5 Å². The van der Waals surface area contributed by atoms with Crippen molar-refractivity contribution in [3.63, 3.8) is 0 Å². The highest BCUT2D eigenvalue weighted by atomic mass is 32.2. The predicted molar refractivity (Wildman–Crippen MR) is 363 cm³/mol. The molecule has 1 fully saturated rings. The lowest BCUT2D eigenvalue weighted by atomic mass is 9.91. The van der Waals surface area contributed by atoms with Gasteiger partial charge >= 0.3 is 5.97 Å². The number of amides is 11. The second-order valence-corrected chi connectivity index (χ2v) is 29.2. The van der Waals surface area contributed by atoms with E-state index in [1.807, 2.05) is 41.5 Å². The molecule has 1 aliphatic heterocycles. The van der Waals surface area contributed by atoms with Crippen LogP contribution in [0.3, 0.4) is 0 Å². The van der Waals surface area contributed by atoms with Gasteiger partial charge in [0.15, 0.2) is 0 Å². The maximum absolute atomic E-state index is 15.5.